The SMILES string of the molecule is c1ccc(C2(c3ccccc3)c3ccccc3N(c3ccc4c5ccccc5c5ccc(N6c7ccccc7C(c7ccccc7)(c7ccccc7)c7ccccc76)cc5c4c3)c3ccccc32)cc1. The third-order valence-electron chi connectivity index (χ3n) is 15.3. The smallest absolute Gasteiger partial charge is 0.0742 e. The average Bonchev–Trinajstić information content (AvgIpc) is 3.45. The standard InChI is InChI=1S/C68H46N2/c1-5-23-47(24-6-1)67(48-25-7-2-8-26-48)59-33-15-19-37-63(59)69(64-38-20-16-34-60(64)67)51-41-43-55-53-31-13-14-32-54(53)56-44-42-52(46-58(56)57(55)45-51)70-65-39-21-17-35-61(65)68(49-27-9-3-10-28-49,50-29-11-4-12-30-50)62-36-18-22-40-66(62)70/h1-46H. The van der Waals surface area contributed by atoms with E-state index in [2.05, 4.69) is 289 Å². The number of anilines is 6. The normalized spacial score (nSPS) is 14.2. The van der Waals surface area contributed by atoms with Crippen molar-refractivity contribution in [3.05, 3.63) is 324 Å². The van der Waals surface area contributed by atoms with E-state index in [1.165, 1.54) is 99.6 Å². The summed E-state index contributed by atoms with van der Waals surface area (Å²) in [6, 6.07) is 104. The van der Waals surface area contributed by atoms with Crippen LogP contribution < -0.4 is 9.80 Å². The van der Waals surface area contributed by atoms with E-state index in [4.69, 9.17) is 0 Å². The average molecular weight is 891 g/mol. The summed E-state index contributed by atoms with van der Waals surface area (Å²) >= 11 is 0. The maximum atomic E-state index is 2.50. The van der Waals surface area contributed by atoms with Crippen LogP contribution in [0.1, 0.15) is 44.5 Å². The highest BCUT2D eigenvalue weighted by Crippen LogP contribution is 2.60. The third-order valence-corrected chi connectivity index (χ3v) is 15.3. The van der Waals surface area contributed by atoms with Crippen molar-refractivity contribution in [2.45, 2.75) is 10.8 Å². The highest BCUT2D eigenvalue weighted by Gasteiger charge is 2.48. The van der Waals surface area contributed by atoms with Crippen LogP contribution in [0.3, 0.4) is 0 Å². The van der Waals surface area contributed by atoms with E-state index in [0.29, 0.717) is 0 Å². The van der Waals surface area contributed by atoms with Gasteiger partial charge in [-0.25, -0.2) is 0 Å². The predicted octanol–water partition coefficient (Wildman–Crippen LogP) is 17.5. The minimum atomic E-state index is -0.541. The molecule has 0 aromatic heterocycles. The minimum absolute atomic E-state index is 0.541. The van der Waals surface area contributed by atoms with E-state index in [-0.39, 0.29) is 0 Å². The van der Waals surface area contributed by atoms with Crippen molar-refractivity contribution >= 4 is 66.4 Å². The van der Waals surface area contributed by atoms with Crippen molar-refractivity contribution in [3.8, 4) is 0 Å². The topological polar surface area (TPSA) is 6.48 Å². The summed E-state index contributed by atoms with van der Waals surface area (Å²) in [5, 5.41) is 7.40. The second-order valence-corrected chi connectivity index (χ2v) is 18.7. The summed E-state index contributed by atoms with van der Waals surface area (Å²) in [5.74, 6) is 0. The Bertz CT molecular complexity index is 3520. The molecule has 0 saturated carbocycles. The van der Waals surface area contributed by atoms with Gasteiger partial charge in [-0.15, -0.1) is 0 Å². The van der Waals surface area contributed by atoms with E-state index in [1.54, 1.807) is 0 Å². The summed E-state index contributed by atoms with van der Waals surface area (Å²) in [6.45, 7) is 0. The highest BCUT2D eigenvalue weighted by atomic mass is 15.2. The molecule has 70 heavy (non-hydrogen) atoms. The van der Waals surface area contributed by atoms with E-state index in [1.807, 2.05) is 0 Å². The van der Waals surface area contributed by atoms with Gasteiger partial charge in [0.1, 0.15) is 0 Å². The fourth-order valence-electron chi connectivity index (χ4n) is 12.6. The van der Waals surface area contributed by atoms with Gasteiger partial charge < -0.3 is 9.80 Å². The molecule has 2 heterocycles. The Hall–Kier alpha value is -8.98. The monoisotopic (exact) mass is 890 g/mol. The number of benzene rings is 12. The van der Waals surface area contributed by atoms with Crippen LogP contribution in [0.4, 0.5) is 34.1 Å². The first-order chi connectivity index (χ1) is 34.8. The largest absolute Gasteiger partial charge is 0.310 e. The van der Waals surface area contributed by atoms with Gasteiger partial charge in [0.25, 0.3) is 0 Å². The molecule has 0 saturated heterocycles. The van der Waals surface area contributed by atoms with Crippen molar-refractivity contribution in [1.29, 1.82) is 0 Å². The quantitative estimate of drug-likeness (QED) is 0.154. The Kier molecular flexibility index (Phi) is 9.06. The number of para-hydroxylation sites is 4. The molecule has 0 amide bonds. The van der Waals surface area contributed by atoms with Crippen molar-refractivity contribution in [3.63, 3.8) is 0 Å². The molecular weight excluding hydrogens is 845 g/mol. The fourth-order valence-corrected chi connectivity index (χ4v) is 12.6. The van der Waals surface area contributed by atoms with Crippen LogP contribution in [0.2, 0.25) is 0 Å². The number of hydrogen-bond acceptors (Lipinski definition) is 2. The summed E-state index contributed by atoms with van der Waals surface area (Å²) in [6.07, 6.45) is 0. The Balaban J connectivity index is 1.02. The number of hydrogen-bond donors (Lipinski definition) is 0. The van der Waals surface area contributed by atoms with Crippen LogP contribution in [0, 0.1) is 0 Å². The Morgan fingerprint density at radius 3 is 0.743 bits per heavy atom. The van der Waals surface area contributed by atoms with Crippen LogP contribution in [0.5, 0.6) is 0 Å². The van der Waals surface area contributed by atoms with E-state index < -0.39 is 10.8 Å². The predicted molar refractivity (Wildman–Crippen MR) is 292 cm³/mol. The van der Waals surface area contributed by atoms with Crippen LogP contribution in [0.15, 0.2) is 279 Å². The molecule has 2 aliphatic heterocycles. The zero-order valence-electron chi connectivity index (χ0n) is 38.5. The molecule has 0 spiro atoms. The van der Waals surface area contributed by atoms with Gasteiger partial charge in [-0.3, -0.25) is 0 Å². The molecule has 0 aliphatic carbocycles. The number of fused-ring (bicyclic) bond motifs is 10. The van der Waals surface area contributed by atoms with Gasteiger partial charge in [0.05, 0.1) is 33.6 Å². The van der Waals surface area contributed by atoms with Gasteiger partial charge >= 0.3 is 0 Å². The summed E-state index contributed by atoms with van der Waals surface area (Å²) in [5.41, 5.74) is 15.8. The van der Waals surface area contributed by atoms with Crippen LogP contribution in [-0.2, 0) is 10.8 Å². The van der Waals surface area contributed by atoms with E-state index in [0.717, 1.165) is 11.4 Å². The molecule has 0 unspecified atom stereocenters. The first kappa shape index (κ1) is 40.1. The molecule has 0 N–H and O–H groups in total. The summed E-state index contributed by atoms with van der Waals surface area (Å²) < 4.78 is 0. The zero-order chi connectivity index (χ0) is 46.2. The molecule has 14 rings (SSSR count). The molecule has 0 fully saturated rings. The lowest BCUT2D eigenvalue weighted by molar-refractivity contribution is 0.731. The second kappa shape index (κ2) is 15.8. The van der Waals surface area contributed by atoms with Crippen LogP contribution >= 0.6 is 0 Å². The van der Waals surface area contributed by atoms with Crippen LogP contribution in [0.25, 0.3) is 32.3 Å². The molecule has 2 aliphatic rings. The third kappa shape index (κ3) is 5.62. The maximum absolute atomic E-state index is 2.50. The molecule has 12 aromatic carbocycles. The van der Waals surface area contributed by atoms with Crippen molar-refractivity contribution < 1.29 is 0 Å². The fraction of sp³-hybridized carbons (Fsp3) is 0.0294. The van der Waals surface area contributed by atoms with Gasteiger partial charge in [-0.05, 0) is 125 Å². The van der Waals surface area contributed by atoms with Crippen molar-refractivity contribution in [1.82, 2.24) is 0 Å². The van der Waals surface area contributed by atoms with Gasteiger partial charge in [-0.2, -0.15) is 0 Å². The molecule has 2 nitrogen and oxygen atoms in total. The highest BCUT2D eigenvalue weighted by molar-refractivity contribution is 6.26. The minimum Gasteiger partial charge on any atom is -0.310 e. The lowest BCUT2D eigenvalue weighted by Gasteiger charge is -2.46. The van der Waals surface area contributed by atoms with Crippen molar-refractivity contribution in [2.75, 3.05) is 9.80 Å². The van der Waals surface area contributed by atoms with Gasteiger partial charge in [0.15, 0.2) is 0 Å². The first-order valence-corrected chi connectivity index (χ1v) is 24.3. The second-order valence-electron chi connectivity index (χ2n) is 18.7. The Labute approximate surface area is 408 Å². The van der Waals surface area contributed by atoms with Gasteiger partial charge in [0, 0.05) is 11.4 Å². The number of rotatable bonds is 6. The lowest BCUT2D eigenvalue weighted by atomic mass is 9.62. The molecule has 2 heteroatoms. The van der Waals surface area contributed by atoms with Crippen molar-refractivity contribution in [2.24, 2.45) is 0 Å². The first-order valence-electron chi connectivity index (χ1n) is 24.3. The summed E-state index contributed by atoms with van der Waals surface area (Å²) in [4.78, 5) is 5.01. The molecule has 12 aromatic rings. The number of nitrogens with zero attached hydrogens (tertiary/aromatic N) is 2. The molecular formula is C68H46N2. The van der Waals surface area contributed by atoms with Gasteiger partial charge in [0.2, 0.25) is 0 Å². The Morgan fingerprint density at radius 1 is 0.200 bits per heavy atom. The zero-order valence-corrected chi connectivity index (χ0v) is 38.5. The molecule has 328 valence electrons. The Morgan fingerprint density at radius 2 is 0.443 bits per heavy atom. The molecule has 0 atom stereocenters. The maximum Gasteiger partial charge on any atom is 0.0742 e. The summed E-state index contributed by atoms with van der Waals surface area (Å²) in [7, 11) is 0. The van der Waals surface area contributed by atoms with E-state index in [9.17, 15) is 0 Å². The van der Waals surface area contributed by atoms with Gasteiger partial charge in [-0.1, -0.05) is 231 Å². The van der Waals surface area contributed by atoms with E-state index >= 15 is 0 Å². The molecule has 0 bridgehead atoms. The molecule has 0 radical (unpaired) electrons. The van der Waals surface area contributed by atoms with Crippen LogP contribution in [-0.4, -0.2) is 0 Å². The lowest BCUT2D eigenvalue weighted by Crippen LogP contribution is -2.37.